The number of Topliss-reactive ketones (excluding diaryl/α,β-unsaturated/α-hetero) is 1. The van der Waals surface area contributed by atoms with E-state index in [1.54, 1.807) is 12.1 Å². The van der Waals surface area contributed by atoms with Crippen molar-refractivity contribution < 1.29 is 9.21 Å². The van der Waals surface area contributed by atoms with Crippen LogP contribution in [-0.2, 0) is 6.42 Å². The van der Waals surface area contributed by atoms with Gasteiger partial charge in [-0.05, 0) is 25.0 Å². The zero-order valence-corrected chi connectivity index (χ0v) is 10.8. The molecular weight excluding hydrogens is 260 g/mol. The van der Waals surface area contributed by atoms with Gasteiger partial charge in [-0.1, -0.05) is 12.2 Å². The predicted octanol–water partition coefficient (Wildman–Crippen LogP) is 3.39. The molecule has 0 amide bonds. The van der Waals surface area contributed by atoms with E-state index >= 15 is 0 Å². The first-order chi connectivity index (χ1) is 9.22. The van der Waals surface area contributed by atoms with Crippen LogP contribution < -0.4 is 0 Å². The minimum atomic E-state index is 0.0374. The first-order valence-corrected chi connectivity index (χ1v) is 6.39. The van der Waals surface area contributed by atoms with Crippen molar-refractivity contribution in [3.05, 3.63) is 39.9 Å². The summed E-state index contributed by atoms with van der Waals surface area (Å²) in [5.74, 6) is 0.554. The first kappa shape index (κ1) is 11.9. The van der Waals surface area contributed by atoms with E-state index in [4.69, 9.17) is 16.6 Å². The summed E-state index contributed by atoms with van der Waals surface area (Å²) in [7, 11) is 0. The molecule has 0 aromatic carbocycles. The summed E-state index contributed by atoms with van der Waals surface area (Å²) in [4.78, 5) is 15.2. The fourth-order valence-electron chi connectivity index (χ4n) is 2.47. The number of pyridine rings is 1. The van der Waals surface area contributed by atoms with Crippen molar-refractivity contribution in [1.82, 2.24) is 4.98 Å². The highest BCUT2D eigenvalue weighted by atomic mass is 32.1. The molecule has 0 radical (unpaired) electrons. The molecule has 0 spiro atoms. The number of carbonyl (C=O) groups is 1. The van der Waals surface area contributed by atoms with E-state index in [1.807, 2.05) is 0 Å². The number of aryl methyl sites for hydroxylation is 1. The molecule has 4 nitrogen and oxygen atoms in total. The molecule has 0 saturated carbocycles. The average Bonchev–Trinajstić information content (AvgIpc) is 2.91. The fraction of sp³-hybridized carbons (Fsp3) is 0.214. The second kappa shape index (κ2) is 4.48. The molecule has 3 rings (SSSR count). The Kier molecular flexibility index (Phi) is 2.80. The molecule has 2 aromatic rings. The molecule has 0 bridgehead atoms. The van der Waals surface area contributed by atoms with E-state index in [-0.39, 0.29) is 5.78 Å². The van der Waals surface area contributed by atoms with E-state index in [9.17, 15) is 10.1 Å². The van der Waals surface area contributed by atoms with Gasteiger partial charge >= 0.3 is 0 Å². The second-order valence-electron chi connectivity index (χ2n) is 4.42. The van der Waals surface area contributed by atoms with Crippen LogP contribution in [0.15, 0.2) is 22.8 Å². The Morgan fingerprint density at radius 3 is 2.89 bits per heavy atom. The zero-order chi connectivity index (χ0) is 13.4. The molecule has 2 heterocycles. The third kappa shape index (κ3) is 1.81. The molecule has 0 saturated heterocycles. The summed E-state index contributed by atoms with van der Waals surface area (Å²) >= 11 is 5.21. The summed E-state index contributed by atoms with van der Waals surface area (Å²) in [6, 6.07) is 5.55. The maximum atomic E-state index is 12.2. The largest absolute Gasteiger partial charge is 0.464 e. The number of aromatic amines is 1. The monoisotopic (exact) mass is 270 g/mol. The minimum Gasteiger partial charge on any atom is -0.464 e. The van der Waals surface area contributed by atoms with Crippen LogP contribution >= 0.6 is 12.2 Å². The molecule has 0 fully saturated rings. The molecule has 5 heteroatoms. The SMILES string of the molecule is N#Cc1c(-c2ccco2)c2c([nH]c1=S)CCCC2=O. The van der Waals surface area contributed by atoms with E-state index < -0.39 is 0 Å². The number of ketones is 1. The molecule has 94 valence electrons. The lowest BCUT2D eigenvalue weighted by Crippen LogP contribution is -2.15. The van der Waals surface area contributed by atoms with Gasteiger partial charge in [0, 0.05) is 17.7 Å². The fourth-order valence-corrected chi connectivity index (χ4v) is 2.74. The lowest BCUT2D eigenvalue weighted by Gasteiger charge is -2.18. The Balaban J connectivity index is 2.43. The molecule has 19 heavy (non-hydrogen) atoms. The highest BCUT2D eigenvalue weighted by molar-refractivity contribution is 7.71. The van der Waals surface area contributed by atoms with Crippen molar-refractivity contribution >= 4 is 18.0 Å². The highest BCUT2D eigenvalue weighted by Crippen LogP contribution is 2.33. The summed E-state index contributed by atoms with van der Waals surface area (Å²) in [6.07, 6.45) is 3.59. The second-order valence-corrected chi connectivity index (χ2v) is 4.83. The maximum absolute atomic E-state index is 12.2. The van der Waals surface area contributed by atoms with E-state index in [0.29, 0.717) is 33.5 Å². The number of rotatable bonds is 1. The number of H-pyrrole nitrogens is 1. The lowest BCUT2D eigenvalue weighted by atomic mass is 9.88. The van der Waals surface area contributed by atoms with Gasteiger partial charge in [-0.3, -0.25) is 4.79 Å². The molecule has 1 aliphatic rings. The topological polar surface area (TPSA) is 69.8 Å². The summed E-state index contributed by atoms with van der Waals surface area (Å²) in [5, 5.41) is 9.30. The van der Waals surface area contributed by atoms with E-state index in [0.717, 1.165) is 18.5 Å². The van der Waals surface area contributed by atoms with Crippen LogP contribution in [-0.4, -0.2) is 10.8 Å². The normalized spacial score (nSPS) is 13.9. The van der Waals surface area contributed by atoms with Gasteiger partial charge < -0.3 is 9.40 Å². The van der Waals surface area contributed by atoms with Gasteiger partial charge in [0.1, 0.15) is 16.5 Å². The molecule has 0 atom stereocenters. The number of nitriles is 1. The Labute approximate surface area is 114 Å². The van der Waals surface area contributed by atoms with Gasteiger partial charge in [0.25, 0.3) is 0 Å². The van der Waals surface area contributed by atoms with Crippen LogP contribution in [0.2, 0.25) is 0 Å². The average molecular weight is 270 g/mol. The molecule has 1 N–H and O–H groups in total. The van der Waals surface area contributed by atoms with Crippen LogP contribution in [0.25, 0.3) is 11.3 Å². The smallest absolute Gasteiger partial charge is 0.165 e. The number of hydrogen-bond acceptors (Lipinski definition) is 4. The molecule has 1 aliphatic carbocycles. The van der Waals surface area contributed by atoms with Gasteiger partial charge in [0.2, 0.25) is 0 Å². The molecule has 0 aliphatic heterocycles. The van der Waals surface area contributed by atoms with Crippen molar-refractivity contribution in [2.45, 2.75) is 19.3 Å². The van der Waals surface area contributed by atoms with Gasteiger partial charge in [-0.15, -0.1) is 0 Å². The van der Waals surface area contributed by atoms with E-state index in [1.165, 1.54) is 6.26 Å². The predicted molar refractivity (Wildman–Crippen MR) is 71.3 cm³/mol. The number of hydrogen-bond donors (Lipinski definition) is 1. The number of carbonyl (C=O) groups excluding carboxylic acids is 1. The van der Waals surface area contributed by atoms with Gasteiger partial charge in [-0.25, -0.2) is 0 Å². The number of aromatic nitrogens is 1. The Morgan fingerprint density at radius 1 is 1.37 bits per heavy atom. The van der Waals surface area contributed by atoms with Gasteiger partial charge in [-0.2, -0.15) is 5.26 Å². The van der Waals surface area contributed by atoms with Crippen LogP contribution in [0.4, 0.5) is 0 Å². The third-order valence-electron chi connectivity index (χ3n) is 3.28. The number of nitrogens with zero attached hydrogens (tertiary/aromatic N) is 1. The van der Waals surface area contributed by atoms with Crippen LogP contribution in [0.5, 0.6) is 0 Å². The van der Waals surface area contributed by atoms with Crippen LogP contribution in [0, 0.1) is 16.0 Å². The number of fused-ring (bicyclic) bond motifs is 1. The molecule has 0 unspecified atom stereocenters. The van der Waals surface area contributed by atoms with Crippen molar-refractivity contribution in [3.8, 4) is 17.4 Å². The molecule has 2 aromatic heterocycles. The standard InChI is InChI=1S/C14H10N2O2S/c15-7-8-12(11-5-2-6-18-11)13-9(16-14(8)19)3-1-4-10(13)17/h2,5-6H,1,3-4H2,(H,16,19). The Bertz CT molecular complexity index is 751. The summed E-state index contributed by atoms with van der Waals surface area (Å²) < 4.78 is 5.73. The van der Waals surface area contributed by atoms with Crippen molar-refractivity contribution in [2.75, 3.05) is 0 Å². The van der Waals surface area contributed by atoms with Crippen molar-refractivity contribution in [1.29, 1.82) is 5.26 Å². The van der Waals surface area contributed by atoms with Crippen molar-refractivity contribution in [3.63, 3.8) is 0 Å². The Hall–Kier alpha value is -2.19. The van der Waals surface area contributed by atoms with Crippen LogP contribution in [0.1, 0.15) is 34.5 Å². The quantitative estimate of drug-likeness (QED) is 0.806. The van der Waals surface area contributed by atoms with Crippen LogP contribution in [0.3, 0.4) is 0 Å². The maximum Gasteiger partial charge on any atom is 0.165 e. The zero-order valence-electron chi connectivity index (χ0n) is 10.0. The first-order valence-electron chi connectivity index (χ1n) is 5.98. The number of furan rings is 1. The third-order valence-corrected chi connectivity index (χ3v) is 3.59. The van der Waals surface area contributed by atoms with E-state index in [2.05, 4.69) is 11.1 Å². The Morgan fingerprint density at radius 2 is 2.21 bits per heavy atom. The highest BCUT2D eigenvalue weighted by Gasteiger charge is 2.26. The number of nitrogens with one attached hydrogen (secondary N) is 1. The summed E-state index contributed by atoms with van der Waals surface area (Å²) in [6.45, 7) is 0. The summed E-state index contributed by atoms with van der Waals surface area (Å²) in [5.41, 5.74) is 2.22. The minimum absolute atomic E-state index is 0.0374. The lowest BCUT2D eigenvalue weighted by molar-refractivity contribution is 0.0972. The molecular formula is C14H10N2O2S. The van der Waals surface area contributed by atoms with Gasteiger partial charge in [0.05, 0.1) is 17.4 Å². The van der Waals surface area contributed by atoms with Crippen molar-refractivity contribution in [2.24, 2.45) is 0 Å². The van der Waals surface area contributed by atoms with Gasteiger partial charge in [0.15, 0.2) is 5.78 Å².